The maximum atomic E-state index is 12.3. The molecule has 5 heteroatoms. The lowest BCUT2D eigenvalue weighted by Gasteiger charge is -2.08. The number of anilines is 1. The van der Waals surface area contributed by atoms with Gasteiger partial charge in [-0.2, -0.15) is 0 Å². The molecule has 0 aromatic heterocycles. The van der Waals surface area contributed by atoms with Gasteiger partial charge in [0.05, 0.1) is 0 Å². The summed E-state index contributed by atoms with van der Waals surface area (Å²) < 4.78 is 0. The minimum atomic E-state index is -0.242. The molecule has 0 aliphatic rings. The minimum Gasteiger partial charge on any atom is -0.352 e. The molecule has 2 N–H and O–H groups in total. The lowest BCUT2D eigenvalue weighted by atomic mass is 10.1. The summed E-state index contributed by atoms with van der Waals surface area (Å²) >= 11 is 5.83. The number of hydrogen-bond acceptors (Lipinski definition) is 2. The number of amides is 2. The van der Waals surface area contributed by atoms with Crippen LogP contribution in [0, 0.1) is 0 Å². The molecular formula is C22H19ClN2O2. The number of benzene rings is 3. The van der Waals surface area contributed by atoms with E-state index in [1.54, 1.807) is 48.5 Å². The predicted octanol–water partition coefficient (Wildman–Crippen LogP) is 4.56. The van der Waals surface area contributed by atoms with Gasteiger partial charge in [0.25, 0.3) is 11.8 Å². The summed E-state index contributed by atoms with van der Waals surface area (Å²) in [5.41, 5.74) is 2.83. The normalized spacial score (nSPS) is 10.3. The summed E-state index contributed by atoms with van der Waals surface area (Å²) in [6.45, 7) is 0.557. The zero-order valence-corrected chi connectivity index (χ0v) is 15.4. The van der Waals surface area contributed by atoms with Gasteiger partial charge in [0.1, 0.15) is 0 Å². The van der Waals surface area contributed by atoms with Crippen LogP contribution in [-0.4, -0.2) is 18.4 Å². The Labute approximate surface area is 163 Å². The second kappa shape index (κ2) is 9.01. The van der Waals surface area contributed by atoms with E-state index in [1.165, 1.54) is 5.56 Å². The molecule has 0 saturated heterocycles. The maximum absolute atomic E-state index is 12.3. The van der Waals surface area contributed by atoms with Crippen molar-refractivity contribution in [3.8, 4) is 0 Å². The summed E-state index contributed by atoms with van der Waals surface area (Å²) in [4.78, 5) is 24.5. The van der Waals surface area contributed by atoms with Crippen molar-refractivity contribution in [2.75, 3.05) is 11.9 Å². The molecule has 2 amide bonds. The lowest BCUT2D eigenvalue weighted by molar-refractivity contribution is 0.0952. The summed E-state index contributed by atoms with van der Waals surface area (Å²) in [6, 6.07) is 23.4. The molecule has 0 unspecified atom stereocenters. The van der Waals surface area contributed by atoms with E-state index in [4.69, 9.17) is 11.6 Å². The third kappa shape index (κ3) is 5.43. The number of nitrogens with one attached hydrogen (secondary N) is 2. The van der Waals surface area contributed by atoms with Crippen LogP contribution in [0.3, 0.4) is 0 Å². The number of rotatable bonds is 6. The molecule has 3 aromatic carbocycles. The van der Waals surface area contributed by atoms with Gasteiger partial charge < -0.3 is 10.6 Å². The fourth-order valence-corrected chi connectivity index (χ4v) is 2.70. The van der Waals surface area contributed by atoms with Crippen molar-refractivity contribution in [3.05, 3.63) is 101 Å². The Morgan fingerprint density at radius 3 is 1.96 bits per heavy atom. The van der Waals surface area contributed by atoms with Crippen LogP contribution < -0.4 is 10.6 Å². The van der Waals surface area contributed by atoms with Crippen LogP contribution in [0.5, 0.6) is 0 Å². The number of carbonyl (C=O) groups excluding carboxylic acids is 2. The summed E-state index contributed by atoms with van der Waals surface area (Å²) in [5.74, 6) is -0.399. The van der Waals surface area contributed by atoms with Gasteiger partial charge in [0.2, 0.25) is 0 Å². The van der Waals surface area contributed by atoms with E-state index in [0.29, 0.717) is 28.4 Å². The maximum Gasteiger partial charge on any atom is 0.255 e. The van der Waals surface area contributed by atoms with Crippen molar-refractivity contribution < 1.29 is 9.59 Å². The van der Waals surface area contributed by atoms with Gasteiger partial charge in [0.15, 0.2) is 0 Å². The molecule has 0 heterocycles. The molecule has 4 nitrogen and oxygen atoms in total. The van der Waals surface area contributed by atoms with Crippen molar-refractivity contribution in [1.82, 2.24) is 5.32 Å². The Balaban J connectivity index is 1.53. The Kier molecular flexibility index (Phi) is 6.23. The largest absolute Gasteiger partial charge is 0.352 e. The molecule has 0 saturated carbocycles. The zero-order chi connectivity index (χ0) is 19.1. The van der Waals surface area contributed by atoms with E-state index < -0.39 is 0 Å². The second-order valence-electron chi connectivity index (χ2n) is 6.03. The molecular weight excluding hydrogens is 360 g/mol. The first-order valence-corrected chi connectivity index (χ1v) is 8.99. The van der Waals surface area contributed by atoms with Gasteiger partial charge in [-0.25, -0.2) is 0 Å². The van der Waals surface area contributed by atoms with Crippen LogP contribution in [0.25, 0.3) is 0 Å². The average Bonchev–Trinajstić information content (AvgIpc) is 2.70. The van der Waals surface area contributed by atoms with Crippen LogP contribution in [0.4, 0.5) is 5.69 Å². The number of hydrogen-bond donors (Lipinski definition) is 2. The molecule has 0 aliphatic heterocycles. The molecule has 136 valence electrons. The highest BCUT2D eigenvalue weighted by atomic mass is 35.5. The zero-order valence-electron chi connectivity index (χ0n) is 14.6. The molecule has 0 atom stereocenters. The van der Waals surface area contributed by atoms with E-state index in [9.17, 15) is 9.59 Å². The monoisotopic (exact) mass is 378 g/mol. The van der Waals surface area contributed by atoms with Gasteiger partial charge in [-0.3, -0.25) is 9.59 Å². The van der Waals surface area contributed by atoms with Crippen molar-refractivity contribution in [3.63, 3.8) is 0 Å². The van der Waals surface area contributed by atoms with Gasteiger partial charge >= 0.3 is 0 Å². The van der Waals surface area contributed by atoms with Gasteiger partial charge in [-0.05, 0) is 60.5 Å². The highest BCUT2D eigenvalue weighted by Crippen LogP contribution is 2.15. The smallest absolute Gasteiger partial charge is 0.255 e. The Morgan fingerprint density at radius 1 is 0.741 bits per heavy atom. The van der Waals surface area contributed by atoms with E-state index in [2.05, 4.69) is 10.6 Å². The quantitative estimate of drug-likeness (QED) is 0.660. The molecule has 0 fully saturated rings. The fraction of sp³-hybridized carbons (Fsp3) is 0.0909. The molecule has 0 spiro atoms. The van der Waals surface area contributed by atoms with Crippen LogP contribution in [0.15, 0.2) is 78.9 Å². The number of carbonyl (C=O) groups is 2. The van der Waals surface area contributed by atoms with Crippen molar-refractivity contribution in [2.45, 2.75) is 6.42 Å². The molecule has 0 aliphatic carbocycles. The minimum absolute atomic E-state index is 0.157. The van der Waals surface area contributed by atoms with E-state index in [-0.39, 0.29) is 11.8 Å². The second-order valence-corrected chi connectivity index (χ2v) is 6.47. The Bertz CT molecular complexity index is 907. The molecule has 0 radical (unpaired) electrons. The third-order valence-corrected chi connectivity index (χ3v) is 4.31. The molecule has 0 bridgehead atoms. The first-order valence-electron chi connectivity index (χ1n) is 8.61. The topological polar surface area (TPSA) is 58.2 Å². The Hall–Kier alpha value is -3.11. The van der Waals surface area contributed by atoms with E-state index in [0.717, 1.165) is 6.42 Å². The first kappa shape index (κ1) is 18.7. The highest BCUT2D eigenvalue weighted by molar-refractivity contribution is 6.30. The Morgan fingerprint density at radius 2 is 1.33 bits per heavy atom. The van der Waals surface area contributed by atoms with Crippen molar-refractivity contribution in [1.29, 1.82) is 0 Å². The van der Waals surface area contributed by atoms with Crippen LogP contribution in [0.1, 0.15) is 26.3 Å². The molecule has 3 rings (SSSR count). The van der Waals surface area contributed by atoms with Crippen LogP contribution in [0.2, 0.25) is 5.02 Å². The summed E-state index contributed by atoms with van der Waals surface area (Å²) in [7, 11) is 0. The molecule has 27 heavy (non-hydrogen) atoms. The first-order chi connectivity index (χ1) is 13.1. The summed E-state index contributed by atoms with van der Waals surface area (Å²) in [6.07, 6.45) is 0.772. The van der Waals surface area contributed by atoms with Crippen LogP contribution in [-0.2, 0) is 6.42 Å². The van der Waals surface area contributed by atoms with Gasteiger partial charge in [-0.15, -0.1) is 0 Å². The van der Waals surface area contributed by atoms with Gasteiger partial charge in [0, 0.05) is 28.4 Å². The van der Waals surface area contributed by atoms with Gasteiger partial charge in [-0.1, -0.05) is 41.9 Å². The van der Waals surface area contributed by atoms with Crippen molar-refractivity contribution >= 4 is 29.1 Å². The standard InChI is InChI=1S/C22H19ClN2O2/c23-19-10-12-20(13-11-19)25-22(27)18-8-6-17(7-9-18)21(26)24-15-14-16-4-2-1-3-5-16/h1-13H,14-15H2,(H,24,26)(H,25,27). The average molecular weight is 379 g/mol. The van der Waals surface area contributed by atoms with Crippen LogP contribution >= 0.6 is 11.6 Å². The fourth-order valence-electron chi connectivity index (χ4n) is 2.58. The molecule has 3 aromatic rings. The van der Waals surface area contributed by atoms with E-state index in [1.807, 2.05) is 30.3 Å². The SMILES string of the molecule is O=C(NCCc1ccccc1)c1ccc(C(=O)Nc2ccc(Cl)cc2)cc1. The predicted molar refractivity (Wildman–Crippen MR) is 108 cm³/mol. The third-order valence-electron chi connectivity index (χ3n) is 4.05. The number of halogens is 1. The van der Waals surface area contributed by atoms with E-state index >= 15 is 0 Å². The summed E-state index contributed by atoms with van der Waals surface area (Å²) in [5, 5.41) is 6.28. The van der Waals surface area contributed by atoms with Crippen molar-refractivity contribution in [2.24, 2.45) is 0 Å². The highest BCUT2D eigenvalue weighted by Gasteiger charge is 2.09. The lowest BCUT2D eigenvalue weighted by Crippen LogP contribution is -2.25.